The van der Waals surface area contributed by atoms with Gasteiger partial charge in [-0.3, -0.25) is 52.7 Å². The summed E-state index contributed by atoms with van der Waals surface area (Å²) in [5.41, 5.74) is 0. The molecule has 0 saturated carbocycles. The van der Waals surface area contributed by atoms with Crippen LogP contribution in [0, 0.1) is 0 Å². The molecule has 0 radical (unpaired) electrons. The molecule has 0 amide bonds. The van der Waals surface area contributed by atoms with Gasteiger partial charge in [0.1, 0.15) is 38.1 Å². The van der Waals surface area contributed by atoms with Crippen LogP contribution in [0.25, 0.3) is 0 Å². The predicted molar refractivity (Wildman–Crippen MR) is 206 cm³/mol. The standard InChI is InChI=1S/C40H54O27/c1-16(41)52-12-27-30(56-19(4)44)33(59-22(7)47)35(61-24(9)49)38(64-27)54-13-28-31(57-20(5)45)34(60-23(8)48)36(62-25(10)50)39(65-28)67-40(15-55-18(3)43)37(63-26(11)51)32(58-21(6)46)29(66-40)14-53-17(2)42/h27-39H,12-15H2,1-11H3/t27-,28-,29-,30-,31+,32+,33+,34+,35-,36-,37-,38-,39+,40-/m0/s1. The lowest BCUT2D eigenvalue weighted by Gasteiger charge is -2.47. The number of rotatable bonds is 19. The van der Waals surface area contributed by atoms with E-state index in [0.29, 0.717) is 0 Å². The summed E-state index contributed by atoms with van der Waals surface area (Å²) in [6.07, 6.45) is -23.3. The Morgan fingerprint density at radius 1 is 0.358 bits per heavy atom. The first kappa shape index (κ1) is 55.3. The summed E-state index contributed by atoms with van der Waals surface area (Å²) in [4.78, 5) is 137. The summed E-state index contributed by atoms with van der Waals surface area (Å²) >= 11 is 0. The molecule has 3 heterocycles. The van der Waals surface area contributed by atoms with Crippen LogP contribution in [0.2, 0.25) is 0 Å². The van der Waals surface area contributed by atoms with Gasteiger partial charge < -0.3 is 75.8 Å². The zero-order valence-corrected chi connectivity index (χ0v) is 38.4. The number of hydrogen-bond donors (Lipinski definition) is 0. The van der Waals surface area contributed by atoms with Gasteiger partial charge in [0.15, 0.2) is 55.1 Å². The molecule has 67 heavy (non-hydrogen) atoms. The van der Waals surface area contributed by atoms with Crippen molar-refractivity contribution in [2.24, 2.45) is 0 Å². The molecule has 27 nitrogen and oxygen atoms in total. The Morgan fingerprint density at radius 2 is 0.701 bits per heavy atom. The SMILES string of the molecule is CC(=O)OC[C@@H]1O[C@H](OC[C@@H]2O[C@H](O[C@]3(COC(C)=O)O[C@@H](COC(C)=O)[C@@H](OC(C)=O)[C@@H]3OC(C)=O)[C@@H](OC(C)=O)[C@H](OC(C)=O)[C@@H]2OC(C)=O)[C@@H](OC(C)=O)[C@H](OC(C)=O)[C@H]1OC(C)=O. The number of ether oxygens (including phenoxy) is 16. The van der Waals surface area contributed by atoms with Crippen LogP contribution in [0.4, 0.5) is 0 Å². The van der Waals surface area contributed by atoms with Crippen LogP contribution in [0.5, 0.6) is 0 Å². The Bertz CT molecular complexity index is 1860. The van der Waals surface area contributed by atoms with Crippen LogP contribution in [0.3, 0.4) is 0 Å². The molecule has 0 aromatic heterocycles. The zero-order chi connectivity index (χ0) is 50.5. The van der Waals surface area contributed by atoms with Crippen molar-refractivity contribution in [3.05, 3.63) is 0 Å². The molecule has 0 unspecified atom stereocenters. The first-order chi connectivity index (χ1) is 31.2. The van der Waals surface area contributed by atoms with E-state index in [1.807, 2.05) is 0 Å². The largest absolute Gasteiger partial charge is 0.463 e. The Morgan fingerprint density at radius 3 is 1.12 bits per heavy atom. The van der Waals surface area contributed by atoms with Crippen LogP contribution < -0.4 is 0 Å². The average molecular weight is 967 g/mol. The minimum absolute atomic E-state index is 0.650. The number of carbonyl (C=O) groups is 11. The van der Waals surface area contributed by atoms with Crippen molar-refractivity contribution in [1.29, 1.82) is 0 Å². The third-order valence-corrected chi connectivity index (χ3v) is 9.16. The summed E-state index contributed by atoms with van der Waals surface area (Å²) in [6.45, 7) is 7.51. The van der Waals surface area contributed by atoms with Gasteiger partial charge in [-0.25, -0.2) is 0 Å². The molecule has 3 aliphatic heterocycles. The van der Waals surface area contributed by atoms with Gasteiger partial charge in [0.25, 0.3) is 0 Å². The van der Waals surface area contributed by atoms with Gasteiger partial charge in [0, 0.05) is 76.2 Å². The van der Waals surface area contributed by atoms with Crippen LogP contribution >= 0.6 is 0 Å². The molecule has 3 saturated heterocycles. The molecule has 27 heteroatoms. The number of carbonyl (C=O) groups excluding carboxylic acids is 11. The van der Waals surface area contributed by atoms with Crippen LogP contribution in [0.1, 0.15) is 76.2 Å². The average Bonchev–Trinajstić information content (AvgIpc) is 3.44. The fourth-order valence-corrected chi connectivity index (χ4v) is 7.07. The topological polar surface area (TPSA) is 335 Å². The predicted octanol–water partition coefficient (Wildman–Crippen LogP) is -1.29. The van der Waals surface area contributed by atoms with Crippen molar-refractivity contribution in [2.45, 2.75) is 162 Å². The lowest BCUT2D eigenvalue weighted by atomic mass is 9.97. The van der Waals surface area contributed by atoms with E-state index in [2.05, 4.69) is 0 Å². The second-order valence-electron chi connectivity index (χ2n) is 14.9. The molecule has 0 spiro atoms. The maximum Gasteiger partial charge on any atom is 0.303 e. The number of hydrogen-bond acceptors (Lipinski definition) is 27. The minimum Gasteiger partial charge on any atom is -0.463 e. The first-order valence-corrected chi connectivity index (χ1v) is 20.3. The van der Waals surface area contributed by atoms with Gasteiger partial charge >= 0.3 is 65.7 Å². The fraction of sp³-hybridized carbons (Fsp3) is 0.725. The second kappa shape index (κ2) is 24.7. The van der Waals surface area contributed by atoms with Gasteiger partial charge in [0.2, 0.25) is 12.1 Å². The van der Waals surface area contributed by atoms with Gasteiger partial charge in [-0.1, -0.05) is 0 Å². The number of esters is 11. The molecule has 0 aromatic carbocycles. The van der Waals surface area contributed by atoms with Gasteiger partial charge in [-0.05, 0) is 0 Å². The minimum atomic E-state index is -2.66. The van der Waals surface area contributed by atoms with E-state index in [9.17, 15) is 52.7 Å². The lowest BCUT2D eigenvalue weighted by Crippen LogP contribution is -2.66. The van der Waals surface area contributed by atoms with E-state index in [4.69, 9.17) is 75.8 Å². The summed E-state index contributed by atoms with van der Waals surface area (Å²) in [6, 6.07) is 0. The Hall–Kier alpha value is -6.03. The highest BCUT2D eigenvalue weighted by atomic mass is 16.8. The first-order valence-electron chi connectivity index (χ1n) is 20.3. The van der Waals surface area contributed by atoms with Crippen LogP contribution in [-0.2, 0) is 129 Å². The van der Waals surface area contributed by atoms with E-state index >= 15 is 0 Å². The second-order valence-corrected chi connectivity index (χ2v) is 14.9. The van der Waals surface area contributed by atoms with Crippen molar-refractivity contribution in [3.63, 3.8) is 0 Å². The molecule has 3 rings (SSSR count). The normalized spacial score (nSPS) is 31.1. The van der Waals surface area contributed by atoms with Crippen LogP contribution in [0.15, 0.2) is 0 Å². The van der Waals surface area contributed by atoms with Crippen molar-refractivity contribution in [2.75, 3.05) is 26.4 Å². The van der Waals surface area contributed by atoms with E-state index < -0.39 is 178 Å². The highest BCUT2D eigenvalue weighted by Crippen LogP contribution is 2.42. The molecule has 0 bridgehead atoms. The molecule has 14 atom stereocenters. The molecule has 0 aromatic rings. The fourth-order valence-electron chi connectivity index (χ4n) is 7.07. The smallest absolute Gasteiger partial charge is 0.303 e. The maximum absolute atomic E-state index is 12.8. The maximum atomic E-state index is 12.8. The molecule has 0 N–H and O–H groups in total. The van der Waals surface area contributed by atoms with Gasteiger partial charge in [0.05, 0.1) is 6.61 Å². The summed E-state index contributed by atoms with van der Waals surface area (Å²) in [5, 5.41) is 0. The highest BCUT2D eigenvalue weighted by Gasteiger charge is 2.65. The quantitative estimate of drug-likeness (QED) is 0.107. The van der Waals surface area contributed by atoms with E-state index in [0.717, 1.165) is 76.2 Å². The van der Waals surface area contributed by atoms with E-state index in [1.165, 1.54) is 0 Å². The Balaban J connectivity index is 2.28. The van der Waals surface area contributed by atoms with Crippen molar-refractivity contribution >= 4 is 65.7 Å². The van der Waals surface area contributed by atoms with Crippen molar-refractivity contribution < 1.29 is 129 Å². The molecular formula is C40H54O27. The monoisotopic (exact) mass is 966 g/mol. The third-order valence-electron chi connectivity index (χ3n) is 9.16. The molecule has 3 fully saturated rings. The van der Waals surface area contributed by atoms with E-state index in [1.54, 1.807) is 0 Å². The lowest BCUT2D eigenvalue weighted by molar-refractivity contribution is -0.388. The van der Waals surface area contributed by atoms with Crippen molar-refractivity contribution in [1.82, 2.24) is 0 Å². The zero-order valence-electron chi connectivity index (χ0n) is 38.4. The van der Waals surface area contributed by atoms with Crippen LogP contribution in [-0.4, -0.2) is 178 Å². The highest BCUT2D eigenvalue weighted by molar-refractivity contribution is 5.71. The van der Waals surface area contributed by atoms with E-state index in [-0.39, 0.29) is 0 Å². The molecule has 0 aliphatic carbocycles. The Labute approximate surface area is 382 Å². The molecule has 376 valence electrons. The summed E-state index contributed by atoms with van der Waals surface area (Å²) < 4.78 is 90.3. The van der Waals surface area contributed by atoms with Gasteiger partial charge in [-0.2, -0.15) is 0 Å². The molecule has 3 aliphatic rings. The Kier molecular flexibility index (Phi) is 20.3. The third kappa shape index (κ3) is 16.4. The molecular weight excluding hydrogens is 912 g/mol. The van der Waals surface area contributed by atoms with Crippen molar-refractivity contribution in [3.8, 4) is 0 Å². The van der Waals surface area contributed by atoms with Gasteiger partial charge in [-0.15, -0.1) is 0 Å². The summed E-state index contributed by atoms with van der Waals surface area (Å²) in [5.74, 6) is -13.3. The summed E-state index contributed by atoms with van der Waals surface area (Å²) in [7, 11) is 0.